The SMILES string of the molecule is CC(C)=CCC/C(C)=C/CC/C(C)=C/C(O)OC(=O)CC1CC2CCC1(C)C2(C)C. The quantitative estimate of drug-likeness (QED) is 0.234. The summed E-state index contributed by atoms with van der Waals surface area (Å²) >= 11 is 0. The molecule has 3 nitrogen and oxygen atoms in total. The van der Waals surface area contributed by atoms with Crippen LogP contribution in [0.15, 0.2) is 34.9 Å². The fraction of sp³-hybridized carbons (Fsp3) is 0.741. The van der Waals surface area contributed by atoms with Crippen molar-refractivity contribution in [3.05, 3.63) is 34.9 Å². The van der Waals surface area contributed by atoms with Crippen LogP contribution in [0.2, 0.25) is 0 Å². The Morgan fingerprint density at radius 1 is 1.07 bits per heavy atom. The average molecular weight is 417 g/mol. The number of carbonyl (C=O) groups is 1. The highest BCUT2D eigenvalue weighted by Crippen LogP contribution is 2.68. The summed E-state index contributed by atoms with van der Waals surface area (Å²) in [6.07, 6.45) is 13.1. The van der Waals surface area contributed by atoms with Gasteiger partial charge in [0.15, 0.2) is 0 Å². The second-order valence-corrected chi connectivity index (χ2v) is 10.8. The third kappa shape index (κ3) is 6.09. The highest BCUT2D eigenvalue weighted by Gasteiger charge is 2.61. The summed E-state index contributed by atoms with van der Waals surface area (Å²) < 4.78 is 5.33. The van der Waals surface area contributed by atoms with E-state index in [0.717, 1.165) is 37.7 Å². The lowest BCUT2D eigenvalue weighted by Crippen LogP contribution is -2.34. The fourth-order valence-corrected chi connectivity index (χ4v) is 5.66. The van der Waals surface area contributed by atoms with Crippen LogP contribution in [0.25, 0.3) is 0 Å². The molecule has 4 unspecified atom stereocenters. The maximum atomic E-state index is 12.4. The summed E-state index contributed by atoms with van der Waals surface area (Å²) in [6.45, 7) is 15.5. The first-order valence-electron chi connectivity index (χ1n) is 11.8. The Hall–Kier alpha value is -1.35. The Balaban J connectivity index is 1.75. The molecule has 2 aliphatic carbocycles. The van der Waals surface area contributed by atoms with E-state index in [4.69, 9.17) is 4.74 Å². The van der Waals surface area contributed by atoms with Crippen molar-refractivity contribution in [3.8, 4) is 0 Å². The Morgan fingerprint density at radius 3 is 2.27 bits per heavy atom. The maximum Gasteiger partial charge on any atom is 0.308 e. The summed E-state index contributed by atoms with van der Waals surface area (Å²) in [7, 11) is 0. The molecular formula is C27H44O3. The van der Waals surface area contributed by atoms with E-state index in [-0.39, 0.29) is 11.4 Å². The van der Waals surface area contributed by atoms with E-state index in [2.05, 4.69) is 53.7 Å². The summed E-state index contributed by atoms with van der Waals surface area (Å²) in [4.78, 5) is 12.4. The third-order valence-corrected chi connectivity index (χ3v) is 8.19. The normalized spacial score (nSPS) is 29.1. The van der Waals surface area contributed by atoms with Crippen molar-refractivity contribution in [1.82, 2.24) is 0 Å². The highest BCUT2D eigenvalue weighted by molar-refractivity contribution is 5.70. The largest absolute Gasteiger partial charge is 0.432 e. The lowest BCUT2D eigenvalue weighted by atomic mass is 9.66. The van der Waals surface area contributed by atoms with Crippen molar-refractivity contribution >= 4 is 5.97 Å². The first-order valence-corrected chi connectivity index (χ1v) is 11.8. The summed E-state index contributed by atoms with van der Waals surface area (Å²) in [5.74, 6) is 0.817. The number of ether oxygens (including phenoxy) is 1. The molecule has 0 saturated heterocycles. The third-order valence-electron chi connectivity index (χ3n) is 8.19. The van der Waals surface area contributed by atoms with Crippen LogP contribution < -0.4 is 0 Å². The van der Waals surface area contributed by atoms with Crippen LogP contribution >= 0.6 is 0 Å². The van der Waals surface area contributed by atoms with Gasteiger partial charge in [0.1, 0.15) is 0 Å². The molecule has 2 fully saturated rings. The number of fused-ring (bicyclic) bond motifs is 2. The molecule has 170 valence electrons. The molecule has 0 heterocycles. The monoisotopic (exact) mass is 416 g/mol. The van der Waals surface area contributed by atoms with Crippen LogP contribution in [0, 0.1) is 22.7 Å². The number of hydrogen-bond donors (Lipinski definition) is 1. The molecule has 30 heavy (non-hydrogen) atoms. The van der Waals surface area contributed by atoms with Crippen LogP contribution in [-0.2, 0) is 9.53 Å². The zero-order valence-electron chi connectivity index (χ0n) is 20.4. The van der Waals surface area contributed by atoms with E-state index in [0.29, 0.717) is 23.7 Å². The van der Waals surface area contributed by atoms with Crippen molar-refractivity contribution in [2.24, 2.45) is 22.7 Å². The van der Waals surface area contributed by atoms with Crippen LogP contribution in [0.1, 0.15) is 99.8 Å². The molecule has 0 aromatic heterocycles. The molecule has 0 radical (unpaired) electrons. The topological polar surface area (TPSA) is 46.5 Å². The molecule has 4 atom stereocenters. The van der Waals surface area contributed by atoms with Gasteiger partial charge in [-0.1, -0.05) is 49.6 Å². The maximum absolute atomic E-state index is 12.4. The lowest BCUT2D eigenvalue weighted by Gasteiger charge is -2.39. The van der Waals surface area contributed by atoms with Gasteiger partial charge in [0.25, 0.3) is 0 Å². The van der Waals surface area contributed by atoms with Crippen molar-refractivity contribution in [3.63, 3.8) is 0 Å². The zero-order valence-corrected chi connectivity index (χ0v) is 20.4. The molecule has 2 aliphatic rings. The van der Waals surface area contributed by atoms with Gasteiger partial charge in [0.05, 0.1) is 0 Å². The van der Waals surface area contributed by atoms with Crippen molar-refractivity contribution in [2.75, 3.05) is 0 Å². The van der Waals surface area contributed by atoms with Gasteiger partial charge < -0.3 is 9.84 Å². The van der Waals surface area contributed by atoms with Crippen LogP contribution in [0.4, 0.5) is 0 Å². The second-order valence-electron chi connectivity index (χ2n) is 10.8. The average Bonchev–Trinajstić information content (AvgIpc) is 2.94. The number of allylic oxidation sites excluding steroid dienone is 5. The minimum atomic E-state index is -1.14. The zero-order chi connectivity index (χ0) is 22.5. The second kappa shape index (κ2) is 10.3. The number of aliphatic hydroxyl groups excluding tert-OH is 1. The highest BCUT2D eigenvalue weighted by atomic mass is 16.6. The molecule has 1 N–H and O–H groups in total. The first kappa shape index (κ1) is 24.9. The number of aliphatic hydroxyl groups is 1. The van der Waals surface area contributed by atoms with Gasteiger partial charge in [0.2, 0.25) is 6.29 Å². The van der Waals surface area contributed by atoms with Gasteiger partial charge in [-0.25, -0.2) is 0 Å². The predicted octanol–water partition coefficient (Wildman–Crippen LogP) is 7.12. The Morgan fingerprint density at radius 2 is 1.70 bits per heavy atom. The number of carbonyl (C=O) groups excluding carboxylic acids is 1. The van der Waals surface area contributed by atoms with E-state index >= 15 is 0 Å². The molecule has 3 heteroatoms. The van der Waals surface area contributed by atoms with E-state index < -0.39 is 6.29 Å². The predicted molar refractivity (Wildman–Crippen MR) is 125 cm³/mol. The van der Waals surface area contributed by atoms with Gasteiger partial charge in [-0.05, 0) is 101 Å². The van der Waals surface area contributed by atoms with Gasteiger partial charge >= 0.3 is 5.97 Å². The minimum Gasteiger partial charge on any atom is -0.432 e. The standard InChI is InChI=1S/C27H44O3/c1-19(2)10-8-11-20(3)12-9-13-21(4)16-24(28)30-25(29)18-23-17-22-14-15-27(23,7)26(22,5)6/h10,12,16,22-24,28H,8-9,11,13-15,17-18H2,1-7H3/b20-12+,21-16+. The molecule has 0 aromatic carbocycles. The number of esters is 1. The molecule has 0 spiro atoms. The molecule has 2 rings (SSSR count). The molecule has 2 bridgehead atoms. The van der Waals surface area contributed by atoms with Crippen molar-refractivity contribution in [2.45, 2.75) is 106 Å². The lowest BCUT2D eigenvalue weighted by molar-refractivity contribution is -0.163. The van der Waals surface area contributed by atoms with Crippen molar-refractivity contribution < 1.29 is 14.6 Å². The Kier molecular flexibility index (Phi) is 8.56. The molecular weight excluding hydrogens is 372 g/mol. The first-order chi connectivity index (χ1) is 14.0. The van der Waals surface area contributed by atoms with E-state index in [9.17, 15) is 9.90 Å². The Bertz CT molecular complexity index is 693. The smallest absolute Gasteiger partial charge is 0.308 e. The molecule has 0 aromatic rings. The number of rotatable bonds is 10. The van der Waals surface area contributed by atoms with Crippen LogP contribution in [0.3, 0.4) is 0 Å². The molecule has 2 saturated carbocycles. The fourth-order valence-electron chi connectivity index (χ4n) is 5.66. The van der Waals surface area contributed by atoms with Gasteiger partial charge in [-0.3, -0.25) is 4.79 Å². The molecule has 0 aliphatic heterocycles. The van der Waals surface area contributed by atoms with Gasteiger partial charge in [-0.15, -0.1) is 0 Å². The van der Waals surface area contributed by atoms with Crippen LogP contribution in [0.5, 0.6) is 0 Å². The van der Waals surface area contributed by atoms with Gasteiger partial charge in [-0.2, -0.15) is 0 Å². The summed E-state index contributed by atoms with van der Waals surface area (Å²) in [6, 6.07) is 0. The Labute approximate surface area is 184 Å². The van der Waals surface area contributed by atoms with E-state index in [1.54, 1.807) is 6.08 Å². The summed E-state index contributed by atoms with van der Waals surface area (Å²) in [5.41, 5.74) is 4.32. The summed E-state index contributed by atoms with van der Waals surface area (Å²) in [5, 5.41) is 10.2. The molecule has 0 amide bonds. The van der Waals surface area contributed by atoms with E-state index in [1.165, 1.54) is 24.0 Å². The van der Waals surface area contributed by atoms with Crippen molar-refractivity contribution in [1.29, 1.82) is 0 Å². The minimum absolute atomic E-state index is 0.212. The van der Waals surface area contributed by atoms with Gasteiger partial charge in [0, 0.05) is 6.42 Å². The van der Waals surface area contributed by atoms with E-state index in [1.807, 2.05) is 6.92 Å². The van der Waals surface area contributed by atoms with Crippen LogP contribution in [-0.4, -0.2) is 17.4 Å². The number of hydrogen-bond acceptors (Lipinski definition) is 3.